The van der Waals surface area contributed by atoms with E-state index in [1.54, 1.807) is 7.11 Å². The summed E-state index contributed by atoms with van der Waals surface area (Å²) < 4.78 is 5.44. The second-order valence-corrected chi connectivity index (χ2v) is 5.81. The highest BCUT2D eigenvalue weighted by atomic mass is 16.5. The summed E-state index contributed by atoms with van der Waals surface area (Å²) in [6.45, 7) is 6.82. The monoisotopic (exact) mass is 247 g/mol. The fourth-order valence-electron chi connectivity index (χ4n) is 2.58. The Morgan fingerprint density at radius 3 is 2.44 bits per heavy atom. The Morgan fingerprint density at radius 1 is 1.17 bits per heavy atom. The lowest BCUT2D eigenvalue weighted by atomic mass is 9.75. The molecule has 1 unspecified atom stereocenters. The van der Waals surface area contributed by atoms with Crippen LogP contribution in [0.25, 0.3) is 0 Å². The highest BCUT2D eigenvalue weighted by Gasteiger charge is 2.32. The van der Waals surface area contributed by atoms with Gasteiger partial charge in [-0.25, -0.2) is 0 Å². The molecular formula is C16H25NO. The van der Waals surface area contributed by atoms with E-state index in [0.717, 1.165) is 5.75 Å². The van der Waals surface area contributed by atoms with Crippen molar-refractivity contribution in [2.45, 2.75) is 51.6 Å². The first-order chi connectivity index (χ1) is 8.61. The van der Waals surface area contributed by atoms with Crippen LogP contribution in [0.15, 0.2) is 24.3 Å². The number of hydrogen-bond acceptors (Lipinski definition) is 2. The largest absolute Gasteiger partial charge is 0.496 e. The Kier molecular flexibility index (Phi) is 4.28. The lowest BCUT2D eigenvalue weighted by molar-refractivity contribution is 0.244. The maximum atomic E-state index is 5.44. The zero-order valence-electron chi connectivity index (χ0n) is 11.9. The average Bonchev–Trinajstić information content (AvgIpc) is 2.32. The fourth-order valence-corrected chi connectivity index (χ4v) is 2.58. The van der Waals surface area contributed by atoms with E-state index in [9.17, 15) is 0 Å². The maximum Gasteiger partial charge on any atom is 0.122 e. The number of methoxy groups -OCH3 is 1. The van der Waals surface area contributed by atoms with E-state index in [-0.39, 0.29) is 0 Å². The molecule has 2 nitrogen and oxygen atoms in total. The second kappa shape index (κ2) is 5.75. The zero-order valence-corrected chi connectivity index (χ0v) is 11.9. The SMILES string of the molecule is COc1ccccc1C1CC(NC(C)C(C)C)C1. The van der Waals surface area contributed by atoms with Gasteiger partial charge in [0.1, 0.15) is 5.75 Å². The van der Waals surface area contributed by atoms with Gasteiger partial charge in [0, 0.05) is 12.1 Å². The number of hydrogen-bond donors (Lipinski definition) is 1. The molecule has 1 saturated carbocycles. The third-order valence-electron chi connectivity index (χ3n) is 4.22. The molecule has 100 valence electrons. The third-order valence-corrected chi connectivity index (χ3v) is 4.22. The molecule has 1 atom stereocenters. The molecular weight excluding hydrogens is 222 g/mol. The summed E-state index contributed by atoms with van der Waals surface area (Å²) in [4.78, 5) is 0. The van der Waals surface area contributed by atoms with Gasteiger partial charge in [-0.3, -0.25) is 0 Å². The van der Waals surface area contributed by atoms with Gasteiger partial charge in [-0.15, -0.1) is 0 Å². The highest BCUT2D eigenvalue weighted by molar-refractivity contribution is 5.37. The molecule has 18 heavy (non-hydrogen) atoms. The molecule has 0 bridgehead atoms. The van der Waals surface area contributed by atoms with Crippen molar-refractivity contribution in [1.29, 1.82) is 0 Å². The van der Waals surface area contributed by atoms with Crippen molar-refractivity contribution in [3.63, 3.8) is 0 Å². The molecule has 1 aliphatic carbocycles. The number of ether oxygens (including phenoxy) is 1. The standard InChI is InChI=1S/C16H25NO/c1-11(2)12(3)17-14-9-13(10-14)15-7-5-6-8-16(15)18-4/h5-8,11-14,17H,9-10H2,1-4H3. The molecule has 0 aliphatic heterocycles. The van der Waals surface area contributed by atoms with E-state index in [0.29, 0.717) is 23.9 Å². The van der Waals surface area contributed by atoms with Crippen molar-refractivity contribution in [3.8, 4) is 5.75 Å². The van der Waals surface area contributed by atoms with Gasteiger partial charge in [0.15, 0.2) is 0 Å². The summed E-state index contributed by atoms with van der Waals surface area (Å²) in [6, 6.07) is 9.69. The van der Waals surface area contributed by atoms with Crippen LogP contribution in [0.2, 0.25) is 0 Å². The molecule has 1 aliphatic rings. The van der Waals surface area contributed by atoms with E-state index < -0.39 is 0 Å². The van der Waals surface area contributed by atoms with Crippen LogP contribution < -0.4 is 10.1 Å². The normalized spacial score (nSPS) is 24.7. The van der Waals surface area contributed by atoms with E-state index in [4.69, 9.17) is 4.74 Å². The van der Waals surface area contributed by atoms with Crippen LogP contribution in [-0.4, -0.2) is 19.2 Å². The van der Waals surface area contributed by atoms with Gasteiger partial charge in [-0.2, -0.15) is 0 Å². The third kappa shape index (κ3) is 2.86. The molecule has 2 rings (SSSR count). The lowest BCUT2D eigenvalue weighted by Crippen LogP contribution is -2.46. The highest BCUT2D eigenvalue weighted by Crippen LogP contribution is 2.41. The van der Waals surface area contributed by atoms with Gasteiger partial charge in [-0.05, 0) is 43.2 Å². The molecule has 0 aromatic heterocycles. The molecule has 0 heterocycles. The zero-order chi connectivity index (χ0) is 13.1. The van der Waals surface area contributed by atoms with E-state index >= 15 is 0 Å². The van der Waals surface area contributed by atoms with Crippen LogP contribution in [0.4, 0.5) is 0 Å². The first-order valence-corrected chi connectivity index (χ1v) is 7.00. The predicted octanol–water partition coefficient (Wildman–Crippen LogP) is 3.58. The van der Waals surface area contributed by atoms with Crippen molar-refractivity contribution >= 4 is 0 Å². The van der Waals surface area contributed by atoms with Crippen LogP contribution in [0.5, 0.6) is 5.75 Å². The van der Waals surface area contributed by atoms with Crippen molar-refractivity contribution < 1.29 is 4.74 Å². The predicted molar refractivity (Wildman–Crippen MR) is 76.2 cm³/mol. The Bertz CT molecular complexity index is 382. The number of rotatable bonds is 5. The van der Waals surface area contributed by atoms with Crippen LogP contribution in [-0.2, 0) is 0 Å². The molecule has 2 heteroatoms. The topological polar surface area (TPSA) is 21.3 Å². The Balaban J connectivity index is 1.89. The minimum absolute atomic E-state index is 0.605. The van der Waals surface area contributed by atoms with Crippen molar-refractivity contribution in [2.75, 3.05) is 7.11 Å². The Hall–Kier alpha value is -1.02. The number of para-hydroxylation sites is 1. The molecule has 1 aromatic rings. The molecule has 0 saturated heterocycles. The summed E-state index contributed by atoms with van der Waals surface area (Å²) >= 11 is 0. The van der Waals surface area contributed by atoms with Gasteiger partial charge < -0.3 is 10.1 Å². The van der Waals surface area contributed by atoms with Crippen molar-refractivity contribution in [2.24, 2.45) is 5.92 Å². The quantitative estimate of drug-likeness (QED) is 0.858. The van der Waals surface area contributed by atoms with Crippen LogP contribution in [0, 0.1) is 5.92 Å². The van der Waals surface area contributed by atoms with Gasteiger partial charge in [0.2, 0.25) is 0 Å². The molecule has 0 amide bonds. The molecule has 1 N–H and O–H groups in total. The van der Waals surface area contributed by atoms with Gasteiger partial charge in [-0.1, -0.05) is 32.0 Å². The van der Waals surface area contributed by atoms with E-state index in [2.05, 4.69) is 44.3 Å². The lowest BCUT2D eigenvalue weighted by Gasteiger charge is -2.39. The van der Waals surface area contributed by atoms with E-state index in [1.165, 1.54) is 18.4 Å². The first kappa shape index (κ1) is 13.4. The molecule has 1 aromatic carbocycles. The Labute approximate surface area is 111 Å². The van der Waals surface area contributed by atoms with Crippen molar-refractivity contribution in [1.82, 2.24) is 5.32 Å². The minimum atomic E-state index is 0.605. The smallest absolute Gasteiger partial charge is 0.122 e. The van der Waals surface area contributed by atoms with Crippen LogP contribution in [0.1, 0.15) is 45.1 Å². The summed E-state index contributed by atoms with van der Waals surface area (Å²) in [5, 5.41) is 3.71. The fraction of sp³-hybridized carbons (Fsp3) is 0.625. The van der Waals surface area contributed by atoms with Gasteiger partial charge >= 0.3 is 0 Å². The maximum absolute atomic E-state index is 5.44. The second-order valence-electron chi connectivity index (χ2n) is 5.81. The van der Waals surface area contributed by atoms with E-state index in [1.807, 2.05) is 6.07 Å². The molecule has 0 spiro atoms. The average molecular weight is 247 g/mol. The molecule has 1 fully saturated rings. The summed E-state index contributed by atoms with van der Waals surface area (Å²) in [5.41, 5.74) is 1.37. The number of benzene rings is 1. The Morgan fingerprint density at radius 2 is 1.83 bits per heavy atom. The first-order valence-electron chi connectivity index (χ1n) is 7.00. The van der Waals surface area contributed by atoms with Crippen LogP contribution in [0.3, 0.4) is 0 Å². The van der Waals surface area contributed by atoms with Crippen molar-refractivity contribution in [3.05, 3.63) is 29.8 Å². The minimum Gasteiger partial charge on any atom is -0.496 e. The summed E-state index contributed by atoms with van der Waals surface area (Å²) in [5.74, 6) is 2.41. The molecule has 0 radical (unpaired) electrons. The van der Waals surface area contributed by atoms with Crippen LogP contribution >= 0.6 is 0 Å². The summed E-state index contributed by atoms with van der Waals surface area (Å²) in [6.07, 6.45) is 2.47. The summed E-state index contributed by atoms with van der Waals surface area (Å²) in [7, 11) is 1.76. The number of nitrogens with one attached hydrogen (secondary N) is 1. The van der Waals surface area contributed by atoms with Gasteiger partial charge in [0.25, 0.3) is 0 Å². The van der Waals surface area contributed by atoms with Gasteiger partial charge in [0.05, 0.1) is 7.11 Å².